The third-order valence-electron chi connectivity index (χ3n) is 3.94. The van der Waals surface area contributed by atoms with E-state index in [2.05, 4.69) is 58.6 Å². The van der Waals surface area contributed by atoms with E-state index in [0.29, 0.717) is 0 Å². The van der Waals surface area contributed by atoms with Crippen molar-refractivity contribution < 1.29 is 0 Å². The van der Waals surface area contributed by atoms with Gasteiger partial charge in [0.05, 0.1) is 5.39 Å². The van der Waals surface area contributed by atoms with E-state index in [0.717, 1.165) is 34.6 Å². The molecule has 0 aliphatic carbocycles. The van der Waals surface area contributed by atoms with E-state index >= 15 is 0 Å². The van der Waals surface area contributed by atoms with E-state index in [9.17, 15) is 0 Å². The van der Waals surface area contributed by atoms with Gasteiger partial charge < -0.3 is 0 Å². The molecule has 0 atom stereocenters. The predicted molar refractivity (Wildman–Crippen MR) is 98.4 cm³/mol. The van der Waals surface area contributed by atoms with Gasteiger partial charge in [0, 0.05) is 10.6 Å². The first-order valence-electron chi connectivity index (χ1n) is 7.69. The molecule has 0 radical (unpaired) electrons. The zero-order chi connectivity index (χ0) is 16.2. The molecule has 23 heavy (non-hydrogen) atoms. The van der Waals surface area contributed by atoms with Crippen molar-refractivity contribution in [1.82, 2.24) is 9.97 Å². The average Bonchev–Trinajstić information content (AvgIpc) is 2.87. The molecule has 5 heteroatoms. The highest BCUT2D eigenvalue weighted by molar-refractivity contribution is 7.18. The molecule has 1 N–H and O–H groups in total. The number of nitrogens with one attached hydrogen (secondary N) is 1. The van der Waals surface area contributed by atoms with Gasteiger partial charge in [-0.15, -0.1) is 11.3 Å². The molecule has 3 rings (SSSR count). The molecule has 118 valence electrons. The van der Waals surface area contributed by atoms with Crippen molar-refractivity contribution in [2.75, 3.05) is 5.43 Å². The highest BCUT2D eigenvalue weighted by atomic mass is 32.1. The van der Waals surface area contributed by atoms with Gasteiger partial charge in [-0.3, -0.25) is 5.43 Å². The Morgan fingerprint density at radius 1 is 1.17 bits per heavy atom. The normalized spacial score (nSPS) is 11.9. The number of hydrogen-bond acceptors (Lipinski definition) is 5. The minimum absolute atomic E-state index is 0.788. The smallest absolute Gasteiger partial charge is 0.158 e. The van der Waals surface area contributed by atoms with Crippen LogP contribution in [0.1, 0.15) is 29.3 Å². The third kappa shape index (κ3) is 3.56. The van der Waals surface area contributed by atoms with Crippen LogP contribution in [-0.4, -0.2) is 15.7 Å². The molecule has 0 amide bonds. The lowest BCUT2D eigenvalue weighted by Crippen LogP contribution is -2.01. The summed E-state index contributed by atoms with van der Waals surface area (Å²) in [5.74, 6) is 0.788. The zero-order valence-corrected chi connectivity index (χ0v) is 14.4. The molecular formula is C18H20N4S. The van der Waals surface area contributed by atoms with Gasteiger partial charge in [0.15, 0.2) is 5.82 Å². The molecule has 0 saturated carbocycles. The Balaban J connectivity index is 1.72. The summed E-state index contributed by atoms with van der Waals surface area (Å²) in [7, 11) is 0. The number of thiophene rings is 1. The van der Waals surface area contributed by atoms with E-state index in [1.165, 1.54) is 16.0 Å². The van der Waals surface area contributed by atoms with Crippen LogP contribution in [-0.2, 0) is 6.42 Å². The summed E-state index contributed by atoms with van der Waals surface area (Å²) in [5, 5.41) is 5.57. The van der Waals surface area contributed by atoms with Crippen LogP contribution in [0.2, 0.25) is 0 Å². The Kier molecular flexibility index (Phi) is 4.67. The Morgan fingerprint density at radius 2 is 1.96 bits per heavy atom. The third-order valence-corrected chi connectivity index (χ3v) is 5.05. The molecule has 2 heterocycles. The first-order chi connectivity index (χ1) is 11.1. The fourth-order valence-corrected chi connectivity index (χ4v) is 3.44. The predicted octanol–water partition coefficient (Wildman–Crippen LogP) is 4.73. The summed E-state index contributed by atoms with van der Waals surface area (Å²) in [6.07, 6.45) is 3.51. The number of rotatable bonds is 5. The van der Waals surface area contributed by atoms with Crippen LogP contribution in [0, 0.1) is 13.8 Å². The second-order valence-corrected chi connectivity index (χ2v) is 6.83. The van der Waals surface area contributed by atoms with Crippen LogP contribution < -0.4 is 5.43 Å². The topological polar surface area (TPSA) is 50.2 Å². The lowest BCUT2D eigenvalue weighted by molar-refractivity contribution is 1.02. The van der Waals surface area contributed by atoms with Crippen molar-refractivity contribution in [2.45, 2.75) is 33.6 Å². The molecule has 4 nitrogen and oxygen atoms in total. The van der Waals surface area contributed by atoms with Gasteiger partial charge in [-0.1, -0.05) is 30.3 Å². The van der Waals surface area contributed by atoms with Crippen molar-refractivity contribution >= 4 is 33.1 Å². The van der Waals surface area contributed by atoms with Crippen LogP contribution >= 0.6 is 11.3 Å². The summed E-state index contributed by atoms with van der Waals surface area (Å²) in [6, 6.07) is 10.5. The lowest BCUT2D eigenvalue weighted by atomic mass is 10.1. The second-order valence-electron chi connectivity index (χ2n) is 5.63. The Bertz CT molecular complexity index is 837. The Hall–Kier alpha value is -2.27. The maximum absolute atomic E-state index is 4.49. The van der Waals surface area contributed by atoms with Gasteiger partial charge in [-0.05, 0) is 44.7 Å². The first kappa shape index (κ1) is 15.6. The number of aromatic nitrogens is 2. The SMILES string of the molecule is C/C(CCc1ccccc1)=N/Nc1ncnc2sc(C)c(C)c12. The summed E-state index contributed by atoms with van der Waals surface area (Å²) < 4.78 is 0. The molecular weight excluding hydrogens is 304 g/mol. The fourth-order valence-electron chi connectivity index (χ4n) is 2.44. The standard InChI is InChI=1S/C18H20N4S/c1-12(9-10-15-7-5-4-6-8-15)21-22-17-16-13(2)14(3)23-18(16)20-11-19-17/h4-8,11H,9-10H2,1-3H3,(H,19,20,22)/b21-12-. The molecule has 0 bridgehead atoms. The first-order valence-corrected chi connectivity index (χ1v) is 8.50. The number of benzene rings is 1. The van der Waals surface area contributed by atoms with Gasteiger partial charge >= 0.3 is 0 Å². The van der Waals surface area contributed by atoms with E-state index in [1.807, 2.05) is 13.0 Å². The number of hydrogen-bond donors (Lipinski definition) is 1. The van der Waals surface area contributed by atoms with E-state index < -0.39 is 0 Å². The Labute approximate surface area is 140 Å². The van der Waals surface area contributed by atoms with E-state index in [1.54, 1.807) is 17.7 Å². The fraction of sp³-hybridized carbons (Fsp3) is 0.278. The lowest BCUT2D eigenvalue weighted by Gasteiger charge is -2.05. The minimum atomic E-state index is 0.788. The van der Waals surface area contributed by atoms with Gasteiger partial charge in [0.2, 0.25) is 0 Å². The molecule has 0 aliphatic heterocycles. The number of nitrogens with zero attached hydrogens (tertiary/aromatic N) is 3. The van der Waals surface area contributed by atoms with Crippen LogP contribution in [0.4, 0.5) is 5.82 Å². The highest BCUT2D eigenvalue weighted by Gasteiger charge is 2.11. The molecule has 0 spiro atoms. The van der Waals surface area contributed by atoms with Gasteiger partial charge in [-0.2, -0.15) is 5.10 Å². The van der Waals surface area contributed by atoms with E-state index in [4.69, 9.17) is 0 Å². The summed E-state index contributed by atoms with van der Waals surface area (Å²) in [4.78, 5) is 11.0. The van der Waals surface area contributed by atoms with E-state index in [-0.39, 0.29) is 0 Å². The van der Waals surface area contributed by atoms with Crippen molar-refractivity contribution in [3.63, 3.8) is 0 Å². The molecule has 0 unspecified atom stereocenters. The van der Waals surface area contributed by atoms with Gasteiger partial charge in [0.1, 0.15) is 11.2 Å². The van der Waals surface area contributed by atoms with Crippen molar-refractivity contribution in [2.24, 2.45) is 5.10 Å². The number of aryl methyl sites for hydroxylation is 3. The molecule has 3 aromatic rings. The number of anilines is 1. The van der Waals surface area contributed by atoms with Crippen molar-refractivity contribution in [3.8, 4) is 0 Å². The minimum Gasteiger partial charge on any atom is -0.261 e. The quantitative estimate of drug-likeness (QED) is 0.545. The molecule has 0 aliphatic rings. The second kappa shape index (κ2) is 6.87. The van der Waals surface area contributed by atoms with Crippen LogP contribution in [0.5, 0.6) is 0 Å². The van der Waals surface area contributed by atoms with Crippen LogP contribution in [0.3, 0.4) is 0 Å². The maximum Gasteiger partial charge on any atom is 0.158 e. The molecule has 1 aromatic carbocycles. The molecule has 2 aromatic heterocycles. The van der Waals surface area contributed by atoms with Crippen LogP contribution in [0.15, 0.2) is 41.8 Å². The summed E-state index contributed by atoms with van der Waals surface area (Å²) in [6.45, 7) is 6.26. The maximum atomic E-state index is 4.49. The Morgan fingerprint density at radius 3 is 2.74 bits per heavy atom. The van der Waals surface area contributed by atoms with Crippen molar-refractivity contribution in [3.05, 3.63) is 52.7 Å². The van der Waals surface area contributed by atoms with Gasteiger partial charge in [-0.25, -0.2) is 9.97 Å². The average molecular weight is 324 g/mol. The zero-order valence-electron chi connectivity index (χ0n) is 13.6. The largest absolute Gasteiger partial charge is 0.261 e. The highest BCUT2D eigenvalue weighted by Crippen LogP contribution is 2.32. The summed E-state index contributed by atoms with van der Waals surface area (Å²) >= 11 is 1.70. The summed E-state index contributed by atoms with van der Waals surface area (Å²) in [5.41, 5.74) is 6.74. The monoisotopic (exact) mass is 324 g/mol. The van der Waals surface area contributed by atoms with Crippen LogP contribution in [0.25, 0.3) is 10.2 Å². The van der Waals surface area contributed by atoms with Gasteiger partial charge in [0.25, 0.3) is 0 Å². The molecule has 0 fully saturated rings. The van der Waals surface area contributed by atoms with Crippen molar-refractivity contribution in [1.29, 1.82) is 0 Å². The number of fused-ring (bicyclic) bond motifs is 1. The molecule has 0 saturated heterocycles. The number of hydrazone groups is 1.